The number of hydrogen-bond acceptors (Lipinski definition) is 4. The second-order valence-electron chi connectivity index (χ2n) is 5.26. The van der Waals surface area contributed by atoms with Gasteiger partial charge in [-0.25, -0.2) is 10.9 Å². The van der Waals surface area contributed by atoms with Crippen LogP contribution in [-0.4, -0.2) is 23.2 Å². The third kappa shape index (κ3) is 4.45. The van der Waals surface area contributed by atoms with E-state index in [-0.39, 0.29) is 5.56 Å². The predicted octanol–water partition coefficient (Wildman–Crippen LogP) is 2.90. The van der Waals surface area contributed by atoms with Crippen LogP contribution in [0.4, 0.5) is 13.2 Å². The van der Waals surface area contributed by atoms with Gasteiger partial charge in [0.2, 0.25) is 0 Å². The Morgan fingerprint density at radius 2 is 1.77 bits per heavy atom. The van der Waals surface area contributed by atoms with Gasteiger partial charge in [-0.15, -0.1) is 0 Å². The molecule has 0 atom stereocenters. The molecule has 26 heavy (non-hydrogen) atoms. The summed E-state index contributed by atoms with van der Waals surface area (Å²) < 4.78 is 38.7. The van der Waals surface area contributed by atoms with Crippen LogP contribution in [0.25, 0.3) is 0 Å². The first kappa shape index (κ1) is 19.1. The van der Waals surface area contributed by atoms with Crippen LogP contribution in [0.3, 0.4) is 0 Å². The van der Waals surface area contributed by atoms with Gasteiger partial charge >= 0.3 is 6.18 Å². The van der Waals surface area contributed by atoms with Gasteiger partial charge in [-0.05, 0) is 42.3 Å². The molecule has 0 unspecified atom stereocenters. The summed E-state index contributed by atoms with van der Waals surface area (Å²) in [7, 11) is 0. The Kier molecular flexibility index (Phi) is 5.73. The number of carbonyl (C=O) groups excluding carboxylic acids is 2. The second kappa shape index (κ2) is 7.79. The molecule has 0 radical (unpaired) electrons. The molecule has 0 saturated heterocycles. The molecule has 0 aliphatic heterocycles. The maximum absolute atomic E-state index is 12.9. The molecular weight excluding hydrogens is 351 g/mol. The van der Waals surface area contributed by atoms with Crippen molar-refractivity contribution < 1.29 is 28.0 Å². The monoisotopic (exact) mass is 365 g/mol. The van der Waals surface area contributed by atoms with Crippen molar-refractivity contribution in [2.75, 3.05) is 0 Å². The normalized spacial score (nSPS) is 11.4. The summed E-state index contributed by atoms with van der Waals surface area (Å²) in [6.07, 6.45) is -3.43. The van der Waals surface area contributed by atoms with Gasteiger partial charge in [0.05, 0.1) is 17.3 Å². The van der Waals surface area contributed by atoms with E-state index in [2.05, 4.69) is 5.10 Å². The highest BCUT2D eigenvalue weighted by molar-refractivity contribution is 5.97. The minimum absolute atomic E-state index is 0.243. The third-order valence-corrected chi connectivity index (χ3v) is 3.45. The highest BCUT2D eigenvalue weighted by Crippen LogP contribution is 2.31. The van der Waals surface area contributed by atoms with Gasteiger partial charge < -0.3 is 0 Å². The van der Waals surface area contributed by atoms with E-state index in [0.717, 1.165) is 12.1 Å². The summed E-state index contributed by atoms with van der Waals surface area (Å²) in [6, 6.07) is 8.87. The summed E-state index contributed by atoms with van der Waals surface area (Å²) in [4.78, 5) is 23.3. The first-order valence-corrected chi connectivity index (χ1v) is 7.28. The molecule has 136 valence electrons. The lowest BCUT2D eigenvalue weighted by Crippen LogP contribution is -2.22. The standard InChI is InChI=1S/C17H14F3N3O3/c1-10-8-11(6-7-12(10)16(25)23-26)9-21-22-15(24)13-4-2-3-5-14(13)17(18,19)20/h2-9,26H,1H3,(H,22,24)(H,23,25). The van der Waals surface area contributed by atoms with E-state index in [9.17, 15) is 22.8 Å². The summed E-state index contributed by atoms with van der Waals surface area (Å²) in [6.45, 7) is 1.63. The molecule has 0 fully saturated rings. The van der Waals surface area contributed by atoms with Crippen molar-refractivity contribution in [2.24, 2.45) is 5.10 Å². The number of amides is 2. The van der Waals surface area contributed by atoms with Gasteiger partial charge in [-0.1, -0.05) is 18.2 Å². The molecule has 2 rings (SSSR count). The van der Waals surface area contributed by atoms with Gasteiger partial charge in [-0.2, -0.15) is 18.3 Å². The summed E-state index contributed by atoms with van der Waals surface area (Å²) in [5, 5.41) is 12.3. The van der Waals surface area contributed by atoms with E-state index in [1.165, 1.54) is 36.0 Å². The molecule has 9 heteroatoms. The Labute approximate surface area is 146 Å². The first-order valence-electron chi connectivity index (χ1n) is 7.28. The number of benzene rings is 2. The maximum atomic E-state index is 12.9. The number of halogens is 3. The fraction of sp³-hybridized carbons (Fsp3) is 0.118. The van der Waals surface area contributed by atoms with Crippen molar-refractivity contribution >= 4 is 18.0 Å². The smallest absolute Gasteiger partial charge is 0.288 e. The van der Waals surface area contributed by atoms with Gasteiger partial charge in [-0.3, -0.25) is 14.8 Å². The lowest BCUT2D eigenvalue weighted by Gasteiger charge is -2.11. The Bertz CT molecular complexity index is 864. The van der Waals surface area contributed by atoms with E-state index < -0.39 is 29.1 Å². The Morgan fingerprint density at radius 1 is 1.08 bits per heavy atom. The van der Waals surface area contributed by atoms with Gasteiger partial charge in [0, 0.05) is 5.56 Å². The Hall–Kier alpha value is -3.20. The van der Waals surface area contributed by atoms with Gasteiger partial charge in [0.1, 0.15) is 0 Å². The molecular formula is C17H14F3N3O3. The molecule has 2 amide bonds. The van der Waals surface area contributed by atoms with E-state index in [0.29, 0.717) is 11.1 Å². The first-order chi connectivity index (χ1) is 12.2. The fourth-order valence-corrected chi connectivity index (χ4v) is 2.24. The zero-order chi connectivity index (χ0) is 19.3. The van der Waals surface area contributed by atoms with E-state index in [1.54, 1.807) is 13.0 Å². The molecule has 0 aliphatic carbocycles. The van der Waals surface area contributed by atoms with E-state index in [4.69, 9.17) is 5.21 Å². The molecule has 6 nitrogen and oxygen atoms in total. The molecule has 0 aliphatic rings. The quantitative estimate of drug-likeness (QED) is 0.442. The number of nitrogens with zero attached hydrogens (tertiary/aromatic N) is 1. The molecule has 0 heterocycles. The van der Waals surface area contributed by atoms with Crippen molar-refractivity contribution in [2.45, 2.75) is 13.1 Å². The van der Waals surface area contributed by atoms with Crippen LogP contribution in [0.2, 0.25) is 0 Å². The minimum atomic E-state index is -4.65. The van der Waals surface area contributed by atoms with Crippen LogP contribution >= 0.6 is 0 Å². The van der Waals surface area contributed by atoms with Crippen molar-refractivity contribution in [3.8, 4) is 0 Å². The summed E-state index contributed by atoms with van der Waals surface area (Å²) >= 11 is 0. The number of carbonyl (C=O) groups is 2. The minimum Gasteiger partial charge on any atom is -0.288 e. The molecule has 0 saturated carbocycles. The second-order valence-corrected chi connectivity index (χ2v) is 5.26. The molecule has 0 spiro atoms. The van der Waals surface area contributed by atoms with Crippen LogP contribution in [-0.2, 0) is 6.18 Å². The average Bonchev–Trinajstić information content (AvgIpc) is 2.60. The molecule has 0 bridgehead atoms. The maximum Gasteiger partial charge on any atom is 0.417 e. The SMILES string of the molecule is Cc1cc(C=NNC(=O)c2ccccc2C(F)(F)F)ccc1C(=O)NO. The van der Waals surface area contributed by atoms with Gasteiger partial charge in [0.25, 0.3) is 11.8 Å². The van der Waals surface area contributed by atoms with E-state index >= 15 is 0 Å². The Morgan fingerprint density at radius 3 is 2.38 bits per heavy atom. The molecule has 2 aromatic carbocycles. The number of rotatable bonds is 4. The Balaban J connectivity index is 2.13. The number of nitrogens with one attached hydrogen (secondary N) is 2. The largest absolute Gasteiger partial charge is 0.417 e. The summed E-state index contributed by atoms with van der Waals surface area (Å²) in [5.41, 5.74) is 3.24. The zero-order valence-corrected chi connectivity index (χ0v) is 13.5. The topological polar surface area (TPSA) is 90.8 Å². The molecule has 3 N–H and O–H groups in total. The average molecular weight is 365 g/mol. The van der Waals surface area contributed by atoms with Crippen molar-refractivity contribution in [1.82, 2.24) is 10.9 Å². The van der Waals surface area contributed by atoms with E-state index in [1.807, 2.05) is 5.43 Å². The number of hydroxylamine groups is 1. The van der Waals surface area contributed by atoms with Crippen molar-refractivity contribution in [3.05, 3.63) is 70.3 Å². The van der Waals surface area contributed by atoms with Crippen molar-refractivity contribution in [3.63, 3.8) is 0 Å². The lowest BCUT2D eigenvalue weighted by molar-refractivity contribution is -0.137. The van der Waals surface area contributed by atoms with Crippen LogP contribution in [0.15, 0.2) is 47.6 Å². The molecule has 0 aromatic heterocycles. The number of hydrogen-bond donors (Lipinski definition) is 3. The molecule has 2 aromatic rings. The number of hydrazone groups is 1. The van der Waals surface area contributed by atoms with Crippen molar-refractivity contribution in [1.29, 1.82) is 0 Å². The highest BCUT2D eigenvalue weighted by atomic mass is 19.4. The van der Waals surface area contributed by atoms with Crippen LogP contribution in [0.1, 0.15) is 37.4 Å². The third-order valence-electron chi connectivity index (χ3n) is 3.45. The fourth-order valence-electron chi connectivity index (χ4n) is 2.24. The summed E-state index contributed by atoms with van der Waals surface area (Å²) in [5.74, 6) is -1.68. The predicted molar refractivity (Wildman–Crippen MR) is 86.9 cm³/mol. The lowest BCUT2D eigenvalue weighted by atomic mass is 10.1. The number of alkyl halides is 3. The number of aryl methyl sites for hydroxylation is 1. The van der Waals surface area contributed by atoms with Crippen LogP contribution < -0.4 is 10.9 Å². The van der Waals surface area contributed by atoms with Crippen LogP contribution in [0, 0.1) is 6.92 Å². The zero-order valence-electron chi connectivity index (χ0n) is 13.5. The highest BCUT2D eigenvalue weighted by Gasteiger charge is 2.34. The van der Waals surface area contributed by atoms with Gasteiger partial charge in [0.15, 0.2) is 0 Å². The van der Waals surface area contributed by atoms with Crippen LogP contribution in [0.5, 0.6) is 0 Å².